The number of hydrogen-bond donors (Lipinski definition) is 1. The van der Waals surface area contributed by atoms with Crippen LogP contribution in [0.1, 0.15) is 6.42 Å². The fraction of sp³-hybridized carbons (Fsp3) is 0.812. The standard InChI is InChI=1S/C16H14F17NO4S/c1-2-8(35)38-5-4-34-7-39(36,37)6-3-9(17,18)10(19,20)11(21,22)12(23,24)13(25,26)14(27,28)15(29,30)16(31,32)33/h2,34H,1,3-7H2. The third-order valence-corrected chi connectivity index (χ3v) is 6.00. The van der Waals surface area contributed by atoms with Gasteiger partial charge in [-0.15, -0.1) is 0 Å². The number of ether oxygens (including phenoxy) is 1. The number of carbonyl (C=O) groups is 1. The van der Waals surface area contributed by atoms with Crippen LogP contribution in [0.15, 0.2) is 12.7 Å². The van der Waals surface area contributed by atoms with E-state index in [0.29, 0.717) is 6.08 Å². The number of nitrogens with one attached hydrogen (secondary N) is 1. The van der Waals surface area contributed by atoms with Gasteiger partial charge >= 0.3 is 53.6 Å². The Morgan fingerprint density at radius 2 is 1.08 bits per heavy atom. The lowest BCUT2D eigenvalue weighted by Gasteiger charge is -2.42. The molecule has 0 saturated carbocycles. The van der Waals surface area contributed by atoms with Gasteiger partial charge in [0.25, 0.3) is 0 Å². The number of rotatable bonds is 15. The third-order valence-electron chi connectivity index (χ3n) is 4.53. The van der Waals surface area contributed by atoms with Gasteiger partial charge in [0.05, 0.1) is 11.6 Å². The van der Waals surface area contributed by atoms with E-state index in [9.17, 15) is 87.8 Å². The van der Waals surface area contributed by atoms with Crippen LogP contribution in [0.3, 0.4) is 0 Å². The summed E-state index contributed by atoms with van der Waals surface area (Å²) in [5.74, 6) is -62.4. The average molecular weight is 639 g/mol. The van der Waals surface area contributed by atoms with Gasteiger partial charge in [0, 0.05) is 19.0 Å². The van der Waals surface area contributed by atoms with E-state index in [1.165, 1.54) is 0 Å². The molecule has 0 radical (unpaired) electrons. The molecule has 0 unspecified atom stereocenters. The number of sulfone groups is 1. The molecule has 0 fully saturated rings. The number of esters is 1. The normalized spacial score (nSPS) is 15.3. The number of halogens is 17. The summed E-state index contributed by atoms with van der Waals surface area (Å²) in [4.78, 5) is 10.7. The molecule has 0 aromatic carbocycles. The van der Waals surface area contributed by atoms with Crippen molar-refractivity contribution in [3.8, 4) is 0 Å². The molecule has 0 saturated heterocycles. The predicted molar refractivity (Wildman–Crippen MR) is 93.1 cm³/mol. The van der Waals surface area contributed by atoms with Crippen LogP contribution in [-0.2, 0) is 19.4 Å². The van der Waals surface area contributed by atoms with Crippen molar-refractivity contribution in [1.82, 2.24) is 5.32 Å². The summed E-state index contributed by atoms with van der Waals surface area (Å²) in [7, 11) is -5.06. The van der Waals surface area contributed by atoms with E-state index in [2.05, 4.69) is 11.3 Å². The monoisotopic (exact) mass is 639 g/mol. The van der Waals surface area contributed by atoms with E-state index in [4.69, 9.17) is 0 Å². The third kappa shape index (κ3) is 6.64. The van der Waals surface area contributed by atoms with Crippen molar-refractivity contribution in [2.24, 2.45) is 0 Å². The first-order valence-corrected chi connectivity index (χ1v) is 11.1. The first-order chi connectivity index (χ1) is 16.9. The minimum absolute atomic E-state index is 0.568. The molecule has 23 heteroatoms. The van der Waals surface area contributed by atoms with Gasteiger partial charge in [0.15, 0.2) is 9.84 Å². The first kappa shape index (κ1) is 36.9. The molecule has 1 N–H and O–H groups in total. The van der Waals surface area contributed by atoms with Gasteiger partial charge in [-0.2, -0.15) is 74.6 Å². The van der Waals surface area contributed by atoms with Crippen LogP contribution < -0.4 is 5.32 Å². The molecule has 232 valence electrons. The van der Waals surface area contributed by atoms with E-state index < -0.39 is 94.6 Å². The largest absolute Gasteiger partial charge is 0.461 e. The van der Waals surface area contributed by atoms with Crippen LogP contribution in [0.4, 0.5) is 74.6 Å². The molecule has 0 rings (SSSR count). The molecular formula is C16H14F17NO4S. The van der Waals surface area contributed by atoms with Gasteiger partial charge in [0.1, 0.15) is 6.61 Å². The molecule has 0 bridgehead atoms. The van der Waals surface area contributed by atoms with Gasteiger partial charge < -0.3 is 10.1 Å². The van der Waals surface area contributed by atoms with Crippen LogP contribution in [0.2, 0.25) is 0 Å². The lowest BCUT2D eigenvalue weighted by atomic mass is 9.88. The molecule has 0 aliphatic heterocycles. The van der Waals surface area contributed by atoms with Crippen molar-refractivity contribution in [3.63, 3.8) is 0 Å². The van der Waals surface area contributed by atoms with Crippen molar-refractivity contribution < 1.29 is 92.6 Å². The van der Waals surface area contributed by atoms with Gasteiger partial charge in [-0.05, 0) is 0 Å². The zero-order chi connectivity index (χ0) is 31.7. The molecule has 39 heavy (non-hydrogen) atoms. The zero-order valence-electron chi connectivity index (χ0n) is 18.3. The van der Waals surface area contributed by atoms with Crippen LogP contribution in [0.5, 0.6) is 0 Å². The molecule has 0 aliphatic carbocycles. The molecule has 0 aliphatic rings. The minimum atomic E-state index is -8.76. The van der Waals surface area contributed by atoms with Crippen molar-refractivity contribution in [1.29, 1.82) is 0 Å². The van der Waals surface area contributed by atoms with Crippen molar-refractivity contribution in [2.75, 3.05) is 24.8 Å². The van der Waals surface area contributed by atoms with E-state index in [1.807, 2.05) is 5.32 Å². The summed E-state index contributed by atoms with van der Waals surface area (Å²) >= 11 is 0. The Labute approximate surface area is 206 Å². The zero-order valence-corrected chi connectivity index (χ0v) is 19.1. The topological polar surface area (TPSA) is 72.5 Å². The predicted octanol–water partition coefficient (Wildman–Crippen LogP) is 5.08. The number of alkyl halides is 17. The summed E-state index contributed by atoms with van der Waals surface area (Å²) in [6.07, 6.45) is -10.3. The van der Waals surface area contributed by atoms with Crippen LogP contribution in [0.25, 0.3) is 0 Å². The lowest BCUT2D eigenvalue weighted by molar-refractivity contribution is -0.461. The first-order valence-electron chi connectivity index (χ1n) is 9.33. The quantitative estimate of drug-likeness (QED) is 0.117. The summed E-state index contributed by atoms with van der Waals surface area (Å²) < 4.78 is 251. The molecule has 0 heterocycles. The Hall–Kier alpha value is -2.07. The second kappa shape index (κ2) is 11.1. The number of hydrogen-bond acceptors (Lipinski definition) is 5. The summed E-state index contributed by atoms with van der Waals surface area (Å²) in [6, 6.07) is 0. The molecule has 0 atom stereocenters. The van der Waals surface area contributed by atoms with E-state index in [-0.39, 0.29) is 0 Å². The molecule has 0 amide bonds. The van der Waals surface area contributed by atoms with E-state index in [0.717, 1.165) is 0 Å². The Bertz CT molecular complexity index is 991. The molecule has 0 aromatic heterocycles. The summed E-state index contributed by atoms with van der Waals surface area (Å²) in [6.45, 7) is 1.80. The summed E-state index contributed by atoms with van der Waals surface area (Å²) in [5.41, 5.74) is 0. The Morgan fingerprint density at radius 3 is 1.46 bits per heavy atom. The molecular weight excluding hydrogens is 625 g/mol. The van der Waals surface area contributed by atoms with Gasteiger partial charge in [-0.3, -0.25) is 0 Å². The van der Waals surface area contributed by atoms with Crippen molar-refractivity contribution in [2.45, 2.75) is 54.1 Å². The lowest BCUT2D eigenvalue weighted by Crippen LogP contribution is -2.74. The molecule has 5 nitrogen and oxygen atoms in total. The maximum atomic E-state index is 13.8. The second-order valence-corrected chi connectivity index (χ2v) is 9.55. The van der Waals surface area contributed by atoms with Crippen LogP contribution in [0, 0.1) is 0 Å². The van der Waals surface area contributed by atoms with Gasteiger partial charge in [-0.1, -0.05) is 6.58 Å². The number of carbonyl (C=O) groups excluding carboxylic acids is 1. The fourth-order valence-electron chi connectivity index (χ4n) is 2.22. The Morgan fingerprint density at radius 1 is 0.692 bits per heavy atom. The van der Waals surface area contributed by atoms with Gasteiger partial charge in [0.2, 0.25) is 0 Å². The highest BCUT2D eigenvalue weighted by atomic mass is 32.2. The summed E-state index contributed by atoms with van der Waals surface area (Å²) in [5, 5.41) is 1.85. The SMILES string of the molecule is C=CC(=O)OCCNCS(=O)(=O)CCC(F)(F)C(F)(F)C(F)(F)C(F)(F)C(F)(F)C(F)(F)C(F)(F)C(F)(F)F. The Balaban J connectivity index is 5.99. The minimum Gasteiger partial charge on any atom is -0.461 e. The fourth-order valence-corrected chi connectivity index (χ4v) is 3.39. The second-order valence-electron chi connectivity index (χ2n) is 7.36. The highest BCUT2D eigenvalue weighted by molar-refractivity contribution is 7.91. The van der Waals surface area contributed by atoms with Crippen LogP contribution >= 0.6 is 0 Å². The van der Waals surface area contributed by atoms with Crippen molar-refractivity contribution >= 4 is 15.8 Å². The Kier molecular flexibility index (Phi) is 10.5. The average Bonchev–Trinajstić information content (AvgIpc) is 2.75. The van der Waals surface area contributed by atoms with Crippen LogP contribution in [-0.4, -0.2) is 86.8 Å². The smallest absolute Gasteiger partial charge is 0.460 e. The van der Waals surface area contributed by atoms with E-state index >= 15 is 0 Å². The maximum Gasteiger partial charge on any atom is 0.460 e. The van der Waals surface area contributed by atoms with E-state index in [1.54, 1.807) is 0 Å². The maximum absolute atomic E-state index is 13.8. The highest BCUT2D eigenvalue weighted by Gasteiger charge is 2.95. The molecule has 0 spiro atoms. The van der Waals surface area contributed by atoms with Gasteiger partial charge in [-0.25, -0.2) is 13.2 Å². The highest BCUT2D eigenvalue weighted by Crippen LogP contribution is 2.64. The van der Waals surface area contributed by atoms with Crippen molar-refractivity contribution in [3.05, 3.63) is 12.7 Å². The molecule has 0 aromatic rings.